The fraction of sp³-hybridized carbons (Fsp3) is 0.462. The van der Waals surface area contributed by atoms with Crippen molar-refractivity contribution in [3.8, 4) is 0 Å². The molecule has 4 N–H and O–H groups in total. The molecule has 1 aliphatic rings. The number of nitrogens with zero attached hydrogens (tertiary/aromatic N) is 1. The summed E-state index contributed by atoms with van der Waals surface area (Å²) in [6.07, 6.45) is -1.03. The van der Waals surface area contributed by atoms with E-state index in [0.29, 0.717) is 37.7 Å². The van der Waals surface area contributed by atoms with Crippen LogP contribution in [0.15, 0.2) is 18.2 Å². The molecule has 1 aliphatic heterocycles. The van der Waals surface area contributed by atoms with Gasteiger partial charge in [0.05, 0.1) is 37.3 Å². The van der Waals surface area contributed by atoms with Crippen LogP contribution in [-0.2, 0) is 9.47 Å². The van der Waals surface area contributed by atoms with Crippen LogP contribution < -0.4 is 16.0 Å². The summed E-state index contributed by atoms with van der Waals surface area (Å²) >= 11 is 0. The minimum Gasteiger partial charge on any atom is -0.465 e. The van der Waals surface area contributed by atoms with Crippen LogP contribution >= 0.6 is 0 Å². The average Bonchev–Trinajstić information content (AvgIpc) is 2.46. The zero-order valence-electron chi connectivity index (χ0n) is 11.3. The van der Waals surface area contributed by atoms with Crippen LogP contribution in [-0.4, -0.2) is 50.7 Å². The van der Waals surface area contributed by atoms with Crippen molar-refractivity contribution in [3.05, 3.63) is 18.2 Å². The number of nitrogens with two attached hydrogens (primary N) is 1. The van der Waals surface area contributed by atoms with Crippen LogP contribution in [0.25, 0.3) is 0 Å². The molecule has 0 aromatic heterocycles. The normalized spacial score (nSPS) is 18.6. The molecule has 1 unspecified atom stereocenters. The van der Waals surface area contributed by atoms with Gasteiger partial charge in [-0.05, 0) is 18.2 Å². The number of ether oxygens (including phenoxy) is 2. The minimum atomic E-state index is -1.03. The molecule has 20 heavy (non-hydrogen) atoms. The number of carbonyl (C=O) groups is 1. The number of amides is 1. The zero-order chi connectivity index (χ0) is 14.5. The van der Waals surface area contributed by atoms with Crippen LogP contribution in [0, 0.1) is 0 Å². The number of hydrogen-bond donors (Lipinski definition) is 3. The Morgan fingerprint density at radius 2 is 2.35 bits per heavy atom. The smallest absolute Gasteiger partial charge is 0.411 e. The second kappa shape index (κ2) is 6.44. The van der Waals surface area contributed by atoms with Crippen molar-refractivity contribution in [2.75, 3.05) is 49.4 Å². The fourth-order valence-corrected chi connectivity index (χ4v) is 1.91. The number of hydrogen-bond acceptors (Lipinski definition) is 5. The van der Waals surface area contributed by atoms with E-state index in [4.69, 9.17) is 20.3 Å². The Bertz CT molecular complexity index is 475. The number of carboxylic acid groups (broad SMARTS) is 1. The molecular formula is C13H19N3O4. The van der Waals surface area contributed by atoms with Gasteiger partial charge in [-0.1, -0.05) is 0 Å². The van der Waals surface area contributed by atoms with Gasteiger partial charge < -0.3 is 25.6 Å². The highest BCUT2D eigenvalue weighted by atomic mass is 16.6. The number of anilines is 3. The molecule has 110 valence electrons. The Kier molecular flexibility index (Phi) is 4.65. The number of nitrogen functional groups attached to an aromatic ring is 1. The SMILES string of the molecule is CN(C(=O)O)c1ccc(NCC2COCCO2)c(N)c1. The molecule has 1 heterocycles. The monoisotopic (exact) mass is 281 g/mol. The molecule has 1 amide bonds. The summed E-state index contributed by atoms with van der Waals surface area (Å²) in [5.74, 6) is 0. The van der Waals surface area contributed by atoms with Gasteiger partial charge in [0.25, 0.3) is 0 Å². The standard InChI is InChI=1S/C13H19N3O4/c1-16(13(17)18)9-2-3-12(11(14)6-9)15-7-10-8-19-4-5-20-10/h2-3,6,10,15H,4-5,7-8,14H2,1H3,(H,17,18). The van der Waals surface area contributed by atoms with Crippen molar-refractivity contribution in [1.82, 2.24) is 0 Å². The van der Waals surface area contributed by atoms with Gasteiger partial charge in [0, 0.05) is 19.3 Å². The van der Waals surface area contributed by atoms with Gasteiger partial charge in [0.15, 0.2) is 0 Å². The summed E-state index contributed by atoms with van der Waals surface area (Å²) in [5, 5.41) is 12.1. The summed E-state index contributed by atoms with van der Waals surface area (Å²) in [6, 6.07) is 5.08. The molecule has 1 fully saturated rings. The Hall–Kier alpha value is -1.99. The predicted molar refractivity (Wildman–Crippen MR) is 76.3 cm³/mol. The third kappa shape index (κ3) is 3.52. The van der Waals surface area contributed by atoms with Gasteiger partial charge in [-0.15, -0.1) is 0 Å². The lowest BCUT2D eigenvalue weighted by atomic mass is 10.2. The van der Waals surface area contributed by atoms with Gasteiger partial charge in [-0.25, -0.2) is 4.79 Å². The van der Waals surface area contributed by atoms with Gasteiger partial charge in [-0.3, -0.25) is 4.90 Å². The van der Waals surface area contributed by atoms with Crippen LogP contribution in [0.3, 0.4) is 0 Å². The summed E-state index contributed by atoms with van der Waals surface area (Å²) in [6.45, 7) is 2.39. The molecule has 0 saturated carbocycles. The van der Waals surface area contributed by atoms with E-state index in [1.807, 2.05) is 0 Å². The summed E-state index contributed by atoms with van der Waals surface area (Å²) < 4.78 is 10.8. The Labute approximate surface area is 117 Å². The molecule has 0 radical (unpaired) electrons. The lowest BCUT2D eigenvalue weighted by Gasteiger charge is -2.24. The number of nitrogens with one attached hydrogen (secondary N) is 1. The van der Waals surface area contributed by atoms with Gasteiger partial charge in [0.1, 0.15) is 0 Å². The fourth-order valence-electron chi connectivity index (χ4n) is 1.91. The van der Waals surface area contributed by atoms with Crippen molar-refractivity contribution in [2.45, 2.75) is 6.10 Å². The molecule has 1 aromatic carbocycles. The molecule has 1 saturated heterocycles. The predicted octanol–water partition coefficient (Wildman–Crippen LogP) is 1.21. The average molecular weight is 281 g/mol. The first-order valence-electron chi connectivity index (χ1n) is 6.37. The second-order valence-corrected chi connectivity index (χ2v) is 4.56. The summed E-state index contributed by atoms with van der Waals surface area (Å²) in [7, 11) is 1.47. The van der Waals surface area contributed by atoms with Crippen LogP contribution in [0.5, 0.6) is 0 Å². The maximum absolute atomic E-state index is 10.9. The van der Waals surface area contributed by atoms with Crippen LogP contribution in [0.2, 0.25) is 0 Å². The first kappa shape index (κ1) is 14.4. The third-order valence-electron chi connectivity index (χ3n) is 3.11. The molecule has 1 aromatic rings. The van der Waals surface area contributed by atoms with Crippen molar-refractivity contribution in [2.24, 2.45) is 0 Å². The molecule has 0 bridgehead atoms. The molecule has 0 spiro atoms. The van der Waals surface area contributed by atoms with Gasteiger partial charge in [0.2, 0.25) is 0 Å². The quantitative estimate of drug-likeness (QED) is 0.718. The van der Waals surface area contributed by atoms with E-state index in [-0.39, 0.29) is 6.10 Å². The second-order valence-electron chi connectivity index (χ2n) is 4.56. The van der Waals surface area contributed by atoms with E-state index in [0.717, 1.165) is 10.6 Å². The lowest BCUT2D eigenvalue weighted by Crippen LogP contribution is -2.34. The van der Waals surface area contributed by atoms with Gasteiger partial charge >= 0.3 is 6.09 Å². The molecule has 7 heteroatoms. The third-order valence-corrected chi connectivity index (χ3v) is 3.11. The first-order chi connectivity index (χ1) is 9.58. The van der Waals surface area contributed by atoms with E-state index in [1.165, 1.54) is 7.05 Å². The number of benzene rings is 1. The zero-order valence-corrected chi connectivity index (χ0v) is 11.3. The van der Waals surface area contributed by atoms with Crippen molar-refractivity contribution in [1.29, 1.82) is 0 Å². The van der Waals surface area contributed by atoms with E-state index < -0.39 is 6.09 Å². The van der Waals surface area contributed by atoms with Crippen LogP contribution in [0.1, 0.15) is 0 Å². The molecule has 7 nitrogen and oxygen atoms in total. The topological polar surface area (TPSA) is 97.1 Å². The lowest BCUT2D eigenvalue weighted by molar-refractivity contribution is -0.0818. The summed E-state index contributed by atoms with van der Waals surface area (Å²) in [5.41, 5.74) is 7.69. The van der Waals surface area contributed by atoms with Crippen molar-refractivity contribution >= 4 is 23.2 Å². The van der Waals surface area contributed by atoms with E-state index in [1.54, 1.807) is 18.2 Å². The Balaban J connectivity index is 1.96. The highest BCUT2D eigenvalue weighted by Crippen LogP contribution is 2.25. The summed E-state index contributed by atoms with van der Waals surface area (Å²) in [4.78, 5) is 12.0. The minimum absolute atomic E-state index is 0.00418. The largest absolute Gasteiger partial charge is 0.465 e. The first-order valence-corrected chi connectivity index (χ1v) is 6.37. The molecule has 1 atom stereocenters. The highest BCUT2D eigenvalue weighted by Gasteiger charge is 2.15. The maximum atomic E-state index is 10.9. The Morgan fingerprint density at radius 3 is 2.95 bits per heavy atom. The van der Waals surface area contributed by atoms with Crippen molar-refractivity contribution in [3.63, 3.8) is 0 Å². The highest BCUT2D eigenvalue weighted by molar-refractivity contribution is 5.87. The Morgan fingerprint density at radius 1 is 1.55 bits per heavy atom. The van der Waals surface area contributed by atoms with Crippen LogP contribution in [0.4, 0.5) is 21.9 Å². The molecular weight excluding hydrogens is 262 g/mol. The van der Waals surface area contributed by atoms with Crippen molar-refractivity contribution < 1.29 is 19.4 Å². The van der Waals surface area contributed by atoms with E-state index in [9.17, 15) is 4.79 Å². The molecule has 0 aliphatic carbocycles. The van der Waals surface area contributed by atoms with Gasteiger partial charge in [-0.2, -0.15) is 0 Å². The van der Waals surface area contributed by atoms with E-state index >= 15 is 0 Å². The molecule has 2 rings (SSSR count). The maximum Gasteiger partial charge on any atom is 0.411 e. The number of rotatable bonds is 4. The van der Waals surface area contributed by atoms with E-state index in [2.05, 4.69) is 5.32 Å².